The summed E-state index contributed by atoms with van der Waals surface area (Å²) in [5, 5.41) is 1.96. The van der Waals surface area contributed by atoms with E-state index in [-0.39, 0.29) is 12.0 Å². The zero-order valence-corrected chi connectivity index (χ0v) is 15.7. The highest BCUT2D eigenvalue weighted by molar-refractivity contribution is 7.12. The minimum atomic E-state index is 0.143. The Morgan fingerprint density at radius 3 is 2.85 bits per heavy atom. The molecule has 4 nitrogen and oxygen atoms in total. The fourth-order valence-electron chi connectivity index (χ4n) is 3.35. The summed E-state index contributed by atoms with van der Waals surface area (Å²) in [6.07, 6.45) is 5.86. The SMILES string of the molecule is O=C(c1cccs1)N(Cc1cccc(OC[C@H]2CCCCO2)c1)C1CC1. The zero-order chi connectivity index (χ0) is 17.8. The lowest BCUT2D eigenvalue weighted by Gasteiger charge is -2.23. The van der Waals surface area contributed by atoms with Crippen LogP contribution < -0.4 is 4.74 Å². The van der Waals surface area contributed by atoms with Gasteiger partial charge in [0.2, 0.25) is 0 Å². The first-order valence-corrected chi connectivity index (χ1v) is 10.4. The Morgan fingerprint density at radius 1 is 1.19 bits per heavy atom. The van der Waals surface area contributed by atoms with Gasteiger partial charge in [0, 0.05) is 19.2 Å². The largest absolute Gasteiger partial charge is 0.491 e. The van der Waals surface area contributed by atoms with Crippen molar-refractivity contribution in [2.24, 2.45) is 0 Å². The molecule has 1 saturated heterocycles. The summed E-state index contributed by atoms with van der Waals surface area (Å²) in [6, 6.07) is 12.3. The van der Waals surface area contributed by atoms with Crippen LogP contribution in [0.25, 0.3) is 0 Å². The maximum absolute atomic E-state index is 12.8. The van der Waals surface area contributed by atoms with Crippen LogP contribution in [0.15, 0.2) is 41.8 Å². The second-order valence-corrected chi connectivity index (χ2v) is 8.04. The highest BCUT2D eigenvalue weighted by Crippen LogP contribution is 2.31. The van der Waals surface area contributed by atoms with Gasteiger partial charge in [0.15, 0.2) is 0 Å². The van der Waals surface area contributed by atoms with Crippen molar-refractivity contribution < 1.29 is 14.3 Å². The van der Waals surface area contributed by atoms with Crippen molar-refractivity contribution >= 4 is 17.2 Å². The van der Waals surface area contributed by atoms with Crippen LogP contribution in [0, 0.1) is 0 Å². The Morgan fingerprint density at radius 2 is 2.12 bits per heavy atom. The molecule has 1 aromatic carbocycles. The monoisotopic (exact) mass is 371 g/mol. The van der Waals surface area contributed by atoms with Gasteiger partial charge in [0.05, 0.1) is 11.0 Å². The van der Waals surface area contributed by atoms with Gasteiger partial charge in [0.25, 0.3) is 5.91 Å². The molecule has 1 amide bonds. The molecule has 1 aliphatic heterocycles. The van der Waals surface area contributed by atoms with E-state index in [4.69, 9.17) is 9.47 Å². The molecular weight excluding hydrogens is 346 g/mol. The van der Waals surface area contributed by atoms with Gasteiger partial charge in [0.1, 0.15) is 12.4 Å². The van der Waals surface area contributed by atoms with Gasteiger partial charge in [-0.1, -0.05) is 18.2 Å². The first-order chi connectivity index (χ1) is 12.8. The van der Waals surface area contributed by atoms with Crippen molar-refractivity contribution in [1.82, 2.24) is 4.90 Å². The number of thiophene rings is 1. The summed E-state index contributed by atoms with van der Waals surface area (Å²) < 4.78 is 11.7. The van der Waals surface area contributed by atoms with Gasteiger partial charge in [-0.05, 0) is 61.2 Å². The van der Waals surface area contributed by atoms with Gasteiger partial charge in [-0.25, -0.2) is 0 Å². The molecule has 2 fully saturated rings. The molecule has 0 radical (unpaired) electrons. The van der Waals surface area contributed by atoms with Crippen molar-refractivity contribution in [2.75, 3.05) is 13.2 Å². The quantitative estimate of drug-likeness (QED) is 0.719. The van der Waals surface area contributed by atoms with E-state index in [0.29, 0.717) is 19.2 Å². The number of nitrogens with zero attached hydrogens (tertiary/aromatic N) is 1. The molecule has 1 saturated carbocycles. The number of amides is 1. The number of ether oxygens (including phenoxy) is 2. The summed E-state index contributed by atoms with van der Waals surface area (Å²) in [6.45, 7) is 2.08. The molecule has 0 bridgehead atoms. The fourth-order valence-corrected chi connectivity index (χ4v) is 4.03. The molecule has 0 unspecified atom stereocenters. The van der Waals surface area contributed by atoms with Crippen LogP contribution in [0.5, 0.6) is 5.75 Å². The predicted octanol–water partition coefficient (Wildman–Crippen LogP) is 4.50. The predicted molar refractivity (Wildman–Crippen MR) is 103 cm³/mol. The van der Waals surface area contributed by atoms with E-state index in [9.17, 15) is 4.79 Å². The molecule has 2 heterocycles. The van der Waals surface area contributed by atoms with E-state index in [1.54, 1.807) is 0 Å². The summed E-state index contributed by atoms with van der Waals surface area (Å²) in [7, 11) is 0. The lowest BCUT2D eigenvalue weighted by molar-refractivity contribution is -0.0110. The Balaban J connectivity index is 1.39. The standard InChI is InChI=1S/C21H25NO3S/c23-21(20-8-4-12-26-20)22(17-9-10-17)14-16-5-3-7-18(13-16)25-15-19-6-1-2-11-24-19/h3-5,7-8,12-13,17,19H,1-2,6,9-11,14-15H2/t19-/m1/s1. The lowest BCUT2D eigenvalue weighted by Crippen LogP contribution is -2.32. The van der Waals surface area contributed by atoms with Crippen molar-refractivity contribution in [3.05, 3.63) is 52.2 Å². The smallest absolute Gasteiger partial charge is 0.264 e. The van der Waals surface area contributed by atoms with Crippen molar-refractivity contribution in [1.29, 1.82) is 0 Å². The number of rotatable bonds is 7. The van der Waals surface area contributed by atoms with Gasteiger partial charge < -0.3 is 14.4 Å². The van der Waals surface area contributed by atoms with E-state index in [1.165, 1.54) is 17.8 Å². The van der Waals surface area contributed by atoms with Crippen LogP contribution in [-0.2, 0) is 11.3 Å². The molecule has 0 spiro atoms. The third kappa shape index (κ3) is 4.46. The topological polar surface area (TPSA) is 38.8 Å². The van der Waals surface area contributed by atoms with Crippen LogP contribution in [0.4, 0.5) is 0 Å². The molecule has 1 aliphatic carbocycles. The number of hydrogen-bond donors (Lipinski definition) is 0. The third-order valence-corrected chi connectivity index (χ3v) is 5.80. The van der Waals surface area contributed by atoms with Gasteiger partial charge in [-0.2, -0.15) is 0 Å². The Kier molecular flexibility index (Phi) is 5.56. The van der Waals surface area contributed by atoms with E-state index in [0.717, 1.165) is 48.5 Å². The van der Waals surface area contributed by atoms with E-state index < -0.39 is 0 Å². The van der Waals surface area contributed by atoms with Crippen LogP contribution >= 0.6 is 11.3 Å². The maximum Gasteiger partial charge on any atom is 0.264 e. The van der Waals surface area contributed by atoms with E-state index >= 15 is 0 Å². The molecule has 1 atom stereocenters. The lowest BCUT2D eigenvalue weighted by atomic mass is 10.1. The summed E-state index contributed by atoms with van der Waals surface area (Å²) in [5.41, 5.74) is 1.11. The highest BCUT2D eigenvalue weighted by atomic mass is 32.1. The average Bonchev–Trinajstić information content (AvgIpc) is 3.38. The van der Waals surface area contributed by atoms with Gasteiger partial charge >= 0.3 is 0 Å². The number of carbonyl (C=O) groups excluding carboxylic acids is 1. The second-order valence-electron chi connectivity index (χ2n) is 7.09. The Labute approximate surface area is 158 Å². The molecule has 26 heavy (non-hydrogen) atoms. The number of benzene rings is 1. The van der Waals surface area contributed by atoms with Crippen molar-refractivity contribution in [3.63, 3.8) is 0 Å². The third-order valence-electron chi connectivity index (χ3n) is 4.94. The molecule has 0 N–H and O–H groups in total. The maximum atomic E-state index is 12.8. The van der Waals surface area contributed by atoms with Gasteiger partial charge in [-0.15, -0.1) is 11.3 Å². The summed E-state index contributed by atoms with van der Waals surface area (Å²) in [4.78, 5) is 15.6. The number of carbonyl (C=O) groups is 1. The fraction of sp³-hybridized carbons (Fsp3) is 0.476. The first-order valence-electron chi connectivity index (χ1n) is 9.47. The molecule has 2 aliphatic rings. The van der Waals surface area contributed by atoms with Crippen LogP contribution in [0.3, 0.4) is 0 Å². The van der Waals surface area contributed by atoms with Crippen LogP contribution in [0.1, 0.15) is 47.3 Å². The van der Waals surface area contributed by atoms with E-state index in [2.05, 4.69) is 12.1 Å². The molecule has 138 valence electrons. The zero-order valence-electron chi connectivity index (χ0n) is 14.9. The van der Waals surface area contributed by atoms with Gasteiger partial charge in [-0.3, -0.25) is 4.79 Å². The molecule has 4 rings (SSSR count). The van der Waals surface area contributed by atoms with Crippen molar-refractivity contribution in [2.45, 2.75) is 50.8 Å². The minimum Gasteiger partial charge on any atom is -0.491 e. The summed E-state index contributed by atoms with van der Waals surface area (Å²) >= 11 is 1.51. The molecule has 1 aromatic heterocycles. The number of hydrogen-bond acceptors (Lipinski definition) is 4. The minimum absolute atomic E-state index is 0.143. The summed E-state index contributed by atoms with van der Waals surface area (Å²) in [5.74, 6) is 1.00. The average molecular weight is 372 g/mol. The van der Waals surface area contributed by atoms with Crippen LogP contribution in [-0.4, -0.2) is 36.2 Å². The second kappa shape index (κ2) is 8.23. The Bertz CT molecular complexity index is 721. The molecule has 5 heteroatoms. The van der Waals surface area contributed by atoms with E-state index in [1.807, 2.05) is 34.5 Å². The Hall–Kier alpha value is -1.85. The normalized spacial score (nSPS) is 19.9. The molecule has 2 aromatic rings. The van der Waals surface area contributed by atoms with Crippen molar-refractivity contribution in [3.8, 4) is 5.75 Å². The highest BCUT2D eigenvalue weighted by Gasteiger charge is 2.33. The van der Waals surface area contributed by atoms with Crippen LogP contribution in [0.2, 0.25) is 0 Å². The molecular formula is C21H25NO3S. The first kappa shape index (κ1) is 17.6.